The van der Waals surface area contributed by atoms with Crippen LogP contribution in [0.2, 0.25) is 0 Å². The molecule has 40 heavy (non-hydrogen) atoms. The highest BCUT2D eigenvalue weighted by atomic mass is 16.5. The Morgan fingerprint density at radius 2 is 1.62 bits per heavy atom. The van der Waals surface area contributed by atoms with Crippen LogP contribution in [0.5, 0.6) is 5.75 Å². The lowest BCUT2D eigenvalue weighted by molar-refractivity contribution is -0.132. The molecule has 6 nitrogen and oxygen atoms in total. The van der Waals surface area contributed by atoms with E-state index in [0.717, 1.165) is 41.0 Å². The van der Waals surface area contributed by atoms with Gasteiger partial charge in [0.2, 0.25) is 0 Å². The first kappa shape index (κ1) is 28.9. The number of amides is 1. The van der Waals surface area contributed by atoms with E-state index in [4.69, 9.17) is 4.74 Å². The van der Waals surface area contributed by atoms with Crippen molar-refractivity contribution in [2.45, 2.75) is 59.9 Å². The van der Waals surface area contributed by atoms with Crippen LogP contribution in [-0.2, 0) is 15.0 Å². The van der Waals surface area contributed by atoms with Crippen LogP contribution in [0.4, 0.5) is 11.4 Å². The molecule has 6 heteroatoms. The number of aliphatic hydroxyl groups excluding tert-OH is 1. The van der Waals surface area contributed by atoms with E-state index in [0.29, 0.717) is 17.0 Å². The summed E-state index contributed by atoms with van der Waals surface area (Å²) in [5.41, 5.74) is 5.55. The van der Waals surface area contributed by atoms with Crippen molar-refractivity contribution < 1.29 is 19.4 Å². The molecule has 1 unspecified atom stereocenters. The average molecular weight is 541 g/mol. The number of methoxy groups -OCH3 is 1. The number of hydrogen-bond donors (Lipinski definition) is 1. The van der Waals surface area contributed by atoms with Gasteiger partial charge in [-0.25, -0.2) is 0 Å². The van der Waals surface area contributed by atoms with E-state index in [2.05, 4.69) is 39.5 Å². The standard InChI is InChI=1S/C34H40N2O4/c1-9-35(10-2)25-17-14-23(15-18-25)30-29(31(37)24-16-19-28(40-8)26(20-24)34(5,6)7)32(38)33(39)36(30)27-13-11-12-21(3)22(27)4/h11-20,30,37H,9-10H2,1-8H3/b31-29-. The molecule has 1 aliphatic rings. The van der Waals surface area contributed by atoms with Gasteiger partial charge in [0.25, 0.3) is 11.7 Å². The highest BCUT2D eigenvalue weighted by Crippen LogP contribution is 2.44. The van der Waals surface area contributed by atoms with E-state index in [1.807, 2.05) is 62.4 Å². The van der Waals surface area contributed by atoms with Crippen LogP contribution >= 0.6 is 0 Å². The van der Waals surface area contributed by atoms with Gasteiger partial charge < -0.3 is 14.7 Å². The van der Waals surface area contributed by atoms with Gasteiger partial charge in [-0.2, -0.15) is 0 Å². The van der Waals surface area contributed by atoms with E-state index < -0.39 is 17.7 Å². The molecular formula is C34H40N2O4. The summed E-state index contributed by atoms with van der Waals surface area (Å²) in [5.74, 6) is -0.859. The minimum Gasteiger partial charge on any atom is -0.507 e. The minimum atomic E-state index is -0.786. The quantitative estimate of drug-likeness (QED) is 0.197. The fourth-order valence-corrected chi connectivity index (χ4v) is 5.45. The Morgan fingerprint density at radius 1 is 0.975 bits per heavy atom. The normalized spacial score (nSPS) is 16.9. The molecule has 1 amide bonds. The van der Waals surface area contributed by atoms with E-state index >= 15 is 0 Å². The molecule has 0 radical (unpaired) electrons. The van der Waals surface area contributed by atoms with Crippen molar-refractivity contribution in [2.75, 3.05) is 30.0 Å². The molecule has 0 bridgehead atoms. The number of aliphatic hydroxyl groups is 1. The van der Waals surface area contributed by atoms with Crippen molar-refractivity contribution in [1.29, 1.82) is 0 Å². The maximum Gasteiger partial charge on any atom is 0.300 e. The average Bonchev–Trinajstić information content (AvgIpc) is 3.20. The highest BCUT2D eigenvalue weighted by molar-refractivity contribution is 6.51. The summed E-state index contributed by atoms with van der Waals surface area (Å²) in [6, 6.07) is 18.2. The zero-order valence-corrected chi connectivity index (χ0v) is 24.8. The summed E-state index contributed by atoms with van der Waals surface area (Å²) in [6.07, 6.45) is 0. The number of rotatable bonds is 7. The van der Waals surface area contributed by atoms with Gasteiger partial charge in [0.1, 0.15) is 11.5 Å². The molecule has 1 fully saturated rings. The van der Waals surface area contributed by atoms with Gasteiger partial charge in [-0.1, -0.05) is 45.0 Å². The molecular weight excluding hydrogens is 500 g/mol. The first-order valence-corrected chi connectivity index (χ1v) is 13.9. The van der Waals surface area contributed by atoms with E-state index in [1.165, 1.54) is 4.90 Å². The molecule has 0 aliphatic carbocycles. The van der Waals surface area contributed by atoms with E-state index in [-0.39, 0.29) is 16.7 Å². The SMILES string of the molecule is CCN(CC)c1ccc(C2/C(=C(/O)c3ccc(OC)c(C(C)(C)C)c3)C(=O)C(=O)N2c2cccc(C)c2C)cc1. The molecule has 1 N–H and O–H groups in total. The smallest absolute Gasteiger partial charge is 0.300 e. The Labute approximate surface area is 237 Å². The summed E-state index contributed by atoms with van der Waals surface area (Å²) >= 11 is 0. The number of nitrogens with zero attached hydrogens (tertiary/aromatic N) is 2. The summed E-state index contributed by atoms with van der Waals surface area (Å²) in [5, 5.41) is 11.7. The van der Waals surface area contributed by atoms with Crippen molar-refractivity contribution in [3.05, 3.63) is 94.1 Å². The predicted octanol–water partition coefficient (Wildman–Crippen LogP) is 7.08. The van der Waals surface area contributed by atoms with Crippen molar-refractivity contribution >= 4 is 28.8 Å². The number of Topliss-reactive ketones (excluding diaryl/α,β-unsaturated/α-hetero) is 1. The lowest BCUT2D eigenvalue weighted by atomic mass is 9.84. The number of benzene rings is 3. The summed E-state index contributed by atoms with van der Waals surface area (Å²) in [6.45, 7) is 16.1. The molecule has 1 heterocycles. The second kappa shape index (κ2) is 11.2. The number of anilines is 2. The molecule has 3 aromatic carbocycles. The number of ether oxygens (including phenoxy) is 1. The van der Waals surface area contributed by atoms with Crippen LogP contribution < -0.4 is 14.5 Å². The monoisotopic (exact) mass is 540 g/mol. The highest BCUT2D eigenvalue weighted by Gasteiger charge is 2.47. The summed E-state index contributed by atoms with van der Waals surface area (Å²) < 4.78 is 5.58. The van der Waals surface area contributed by atoms with Crippen molar-refractivity contribution in [3.8, 4) is 5.75 Å². The van der Waals surface area contributed by atoms with Gasteiger partial charge >= 0.3 is 0 Å². The molecule has 1 aliphatic heterocycles. The molecule has 210 valence electrons. The first-order chi connectivity index (χ1) is 18.9. The Balaban J connectivity index is 1.97. The summed E-state index contributed by atoms with van der Waals surface area (Å²) in [4.78, 5) is 31.2. The molecule has 0 aromatic heterocycles. The number of aryl methyl sites for hydroxylation is 1. The third-order valence-corrected chi connectivity index (χ3v) is 7.90. The lowest BCUT2D eigenvalue weighted by Gasteiger charge is -2.28. The largest absolute Gasteiger partial charge is 0.507 e. The number of carbonyl (C=O) groups is 2. The fraction of sp³-hybridized carbons (Fsp3) is 0.353. The Hall–Kier alpha value is -4.06. The topological polar surface area (TPSA) is 70.1 Å². The van der Waals surface area contributed by atoms with E-state index in [1.54, 1.807) is 19.2 Å². The zero-order chi connectivity index (χ0) is 29.4. The van der Waals surface area contributed by atoms with Crippen LogP contribution in [0.1, 0.15) is 68.5 Å². The van der Waals surface area contributed by atoms with Gasteiger partial charge in [-0.3, -0.25) is 14.5 Å². The number of carbonyl (C=O) groups excluding carboxylic acids is 2. The first-order valence-electron chi connectivity index (χ1n) is 13.9. The predicted molar refractivity (Wildman–Crippen MR) is 162 cm³/mol. The van der Waals surface area contributed by atoms with E-state index in [9.17, 15) is 14.7 Å². The number of hydrogen-bond acceptors (Lipinski definition) is 5. The fourth-order valence-electron chi connectivity index (χ4n) is 5.45. The zero-order valence-electron chi connectivity index (χ0n) is 24.8. The molecule has 0 saturated carbocycles. The van der Waals surface area contributed by atoms with Gasteiger partial charge in [0, 0.05) is 35.6 Å². The maximum atomic E-state index is 13.7. The Morgan fingerprint density at radius 3 is 2.20 bits per heavy atom. The van der Waals surface area contributed by atoms with Crippen LogP contribution in [0.25, 0.3) is 5.76 Å². The third kappa shape index (κ3) is 5.10. The third-order valence-electron chi connectivity index (χ3n) is 7.90. The second-order valence-electron chi connectivity index (χ2n) is 11.3. The van der Waals surface area contributed by atoms with Crippen molar-refractivity contribution in [2.24, 2.45) is 0 Å². The molecule has 3 aromatic rings. The second-order valence-corrected chi connectivity index (χ2v) is 11.3. The van der Waals surface area contributed by atoms with Gasteiger partial charge in [-0.15, -0.1) is 0 Å². The van der Waals surface area contributed by atoms with Crippen molar-refractivity contribution in [1.82, 2.24) is 0 Å². The molecule has 1 atom stereocenters. The van der Waals surface area contributed by atoms with Crippen LogP contribution in [-0.4, -0.2) is 37.0 Å². The minimum absolute atomic E-state index is 0.0755. The lowest BCUT2D eigenvalue weighted by Crippen LogP contribution is -2.30. The molecule has 4 rings (SSSR count). The van der Waals surface area contributed by atoms with Gasteiger partial charge in [0.05, 0.1) is 18.7 Å². The Kier molecular flexibility index (Phi) is 8.10. The van der Waals surface area contributed by atoms with Gasteiger partial charge in [0.15, 0.2) is 0 Å². The Bertz CT molecular complexity index is 1460. The van der Waals surface area contributed by atoms with Crippen molar-refractivity contribution in [3.63, 3.8) is 0 Å². The number of ketones is 1. The van der Waals surface area contributed by atoms with Crippen LogP contribution in [0, 0.1) is 13.8 Å². The maximum absolute atomic E-state index is 13.7. The summed E-state index contributed by atoms with van der Waals surface area (Å²) in [7, 11) is 1.61. The molecule has 1 saturated heterocycles. The molecule has 0 spiro atoms. The van der Waals surface area contributed by atoms with Gasteiger partial charge in [-0.05, 0) is 86.2 Å². The van der Waals surface area contributed by atoms with Crippen LogP contribution in [0.3, 0.4) is 0 Å². The van der Waals surface area contributed by atoms with Crippen LogP contribution in [0.15, 0.2) is 66.2 Å².